The third-order valence-corrected chi connectivity index (χ3v) is 10.4. The Morgan fingerprint density at radius 1 is 0.889 bits per heavy atom. The van der Waals surface area contributed by atoms with Gasteiger partial charge in [-0.15, -0.1) is 12.3 Å². The first-order valence-electron chi connectivity index (χ1n) is 18.1. The summed E-state index contributed by atoms with van der Waals surface area (Å²) in [6.07, 6.45) is 18.1. The lowest BCUT2D eigenvalue weighted by molar-refractivity contribution is -0.139. The Bertz CT molecular complexity index is 950. The smallest absolute Gasteiger partial charge is 0.234 e. The standard InChI is InChI=1S/C36H62N4O5/c1-5-18-39(19-6-2)36(45)30-21-26(7-3)20-29(24-30)35(44)37-32(22-28-14-16-31(41)17-15-28)33(42)25-40(8-4)38-34(43)23-27-12-10-9-11-13-27/h3,26-33,41-42H,5-6,8-25H2,1-2,4H3,(H,37,44)(H,38,43). The second-order valence-corrected chi connectivity index (χ2v) is 14.2. The summed E-state index contributed by atoms with van der Waals surface area (Å²) < 4.78 is 0. The minimum absolute atomic E-state index is 0.0174. The number of hydrogen-bond acceptors (Lipinski definition) is 6. The van der Waals surface area contributed by atoms with Crippen LogP contribution in [0.1, 0.15) is 124 Å². The predicted molar refractivity (Wildman–Crippen MR) is 177 cm³/mol. The zero-order valence-corrected chi connectivity index (χ0v) is 28.4. The maximum atomic E-state index is 13.9. The summed E-state index contributed by atoms with van der Waals surface area (Å²) in [7, 11) is 0. The third-order valence-electron chi connectivity index (χ3n) is 10.4. The first kappa shape index (κ1) is 37.3. The summed E-state index contributed by atoms with van der Waals surface area (Å²) in [5.41, 5.74) is 3.01. The van der Waals surface area contributed by atoms with E-state index in [2.05, 4.69) is 30.5 Å². The highest BCUT2D eigenvalue weighted by Gasteiger charge is 2.39. The Labute approximate surface area is 272 Å². The van der Waals surface area contributed by atoms with Crippen LogP contribution in [0.15, 0.2) is 0 Å². The molecular formula is C36H62N4O5. The lowest BCUT2D eigenvalue weighted by Gasteiger charge is -2.37. The van der Waals surface area contributed by atoms with E-state index in [1.54, 1.807) is 5.01 Å². The van der Waals surface area contributed by atoms with Gasteiger partial charge in [0.25, 0.3) is 0 Å². The molecule has 0 spiro atoms. The lowest BCUT2D eigenvalue weighted by Crippen LogP contribution is -2.54. The normalized spacial score (nSPS) is 27.3. The molecule has 256 valence electrons. The molecule has 3 aliphatic rings. The SMILES string of the molecule is C#CC1CC(C(=O)NC(CC2CCC(O)CC2)C(O)CN(CC)NC(=O)CC2CCCCC2)CC(C(=O)N(CCC)CCC)C1. The molecule has 3 aliphatic carbocycles. The van der Waals surface area contributed by atoms with Crippen LogP contribution in [-0.2, 0) is 14.4 Å². The second kappa shape index (κ2) is 19.5. The molecule has 3 fully saturated rings. The molecular weight excluding hydrogens is 568 g/mol. The number of aliphatic hydroxyl groups excluding tert-OH is 2. The van der Waals surface area contributed by atoms with Gasteiger partial charge in [0.1, 0.15) is 0 Å². The molecule has 0 bridgehead atoms. The van der Waals surface area contributed by atoms with Crippen LogP contribution < -0.4 is 10.7 Å². The van der Waals surface area contributed by atoms with Crippen molar-refractivity contribution in [3.63, 3.8) is 0 Å². The predicted octanol–water partition coefficient (Wildman–Crippen LogP) is 4.41. The molecule has 0 radical (unpaired) electrons. The van der Waals surface area contributed by atoms with Gasteiger partial charge in [0.05, 0.1) is 18.2 Å². The van der Waals surface area contributed by atoms with E-state index < -0.39 is 18.1 Å². The Morgan fingerprint density at radius 2 is 1.53 bits per heavy atom. The summed E-state index contributed by atoms with van der Waals surface area (Å²) >= 11 is 0. The number of likely N-dealkylation sites (N-methyl/N-ethyl adjacent to an activating group) is 1. The quantitative estimate of drug-likeness (QED) is 0.148. The van der Waals surface area contributed by atoms with Crippen molar-refractivity contribution >= 4 is 17.7 Å². The van der Waals surface area contributed by atoms with Crippen molar-refractivity contribution in [2.75, 3.05) is 26.2 Å². The van der Waals surface area contributed by atoms with Gasteiger partial charge in [-0.1, -0.05) is 40.0 Å². The summed E-state index contributed by atoms with van der Waals surface area (Å²) in [5, 5.41) is 26.6. The van der Waals surface area contributed by atoms with E-state index in [0.29, 0.717) is 57.7 Å². The number of amides is 3. The third kappa shape index (κ3) is 12.2. The fraction of sp³-hybridized carbons (Fsp3) is 0.861. The zero-order chi connectivity index (χ0) is 32.8. The van der Waals surface area contributed by atoms with Crippen LogP contribution in [-0.4, -0.2) is 82.3 Å². The van der Waals surface area contributed by atoms with Crippen molar-refractivity contribution in [1.82, 2.24) is 20.7 Å². The summed E-state index contributed by atoms with van der Waals surface area (Å²) in [6, 6.07) is -0.515. The minimum Gasteiger partial charge on any atom is -0.393 e. The largest absolute Gasteiger partial charge is 0.393 e. The first-order valence-corrected chi connectivity index (χ1v) is 18.1. The van der Waals surface area contributed by atoms with Crippen LogP contribution >= 0.6 is 0 Å². The van der Waals surface area contributed by atoms with Gasteiger partial charge in [0, 0.05) is 50.4 Å². The molecule has 3 amide bonds. The van der Waals surface area contributed by atoms with Crippen LogP contribution in [0.3, 0.4) is 0 Å². The fourth-order valence-electron chi connectivity index (χ4n) is 7.84. The molecule has 3 saturated carbocycles. The van der Waals surface area contributed by atoms with E-state index in [4.69, 9.17) is 6.42 Å². The van der Waals surface area contributed by atoms with Gasteiger partial charge in [0.2, 0.25) is 17.7 Å². The minimum atomic E-state index is -0.898. The molecule has 3 rings (SSSR count). The molecule has 9 heteroatoms. The maximum absolute atomic E-state index is 13.9. The summed E-state index contributed by atoms with van der Waals surface area (Å²) in [4.78, 5) is 42.2. The van der Waals surface area contributed by atoms with Gasteiger partial charge < -0.3 is 20.4 Å². The number of nitrogens with zero attached hydrogens (tertiary/aromatic N) is 2. The van der Waals surface area contributed by atoms with Gasteiger partial charge in [0.15, 0.2) is 0 Å². The van der Waals surface area contributed by atoms with Crippen molar-refractivity contribution in [2.24, 2.45) is 29.6 Å². The first-order chi connectivity index (χ1) is 21.7. The van der Waals surface area contributed by atoms with E-state index in [9.17, 15) is 24.6 Å². The number of hydrogen-bond donors (Lipinski definition) is 4. The average Bonchev–Trinajstić information content (AvgIpc) is 3.04. The molecule has 5 unspecified atom stereocenters. The molecule has 0 aromatic rings. The van der Waals surface area contributed by atoms with Crippen molar-refractivity contribution in [3.05, 3.63) is 0 Å². The van der Waals surface area contributed by atoms with Crippen LogP contribution in [0.5, 0.6) is 0 Å². The Balaban J connectivity index is 1.68. The van der Waals surface area contributed by atoms with Crippen molar-refractivity contribution in [1.29, 1.82) is 0 Å². The highest BCUT2D eigenvalue weighted by molar-refractivity contribution is 5.83. The molecule has 45 heavy (non-hydrogen) atoms. The van der Waals surface area contributed by atoms with E-state index in [0.717, 1.165) is 51.4 Å². The fourth-order valence-corrected chi connectivity index (χ4v) is 7.84. The highest BCUT2D eigenvalue weighted by Crippen LogP contribution is 2.35. The molecule has 0 aliphatic heterocycles. The van der Waals surface area contributed by atoms with Crippen LogP contribution in [0.4, 0.5) is 0 Å². The van der Waals surface area contributed by atoms with Gasteiger partial charge >= 0.3 is 0 Å². The van der Waals surface area contributed by atoms with Crippen molar-refractivity contribution < 1.29 is 24.6 Å². The molecule has 0 heterocycles. The number of hydrazine groups is 1. The van der Waals surface area contributed by atoms with Crippen LogP contribution in [0.2, 0.25) is 0 Å². The number of nitrogens with one attached hydrogen (secondary N) is 2. The average molecular weight is 631 g/mol. The second-order valence-electron chi connectivity index (χ2n) is 14.2. The van der Waals surface area contributed by atoms with E-state index in [1.807, 2.05) is 11.8 Å². The maximum Gasteiger partial charge on any atom is 0.234 e. The topological polar surface area (TPSA) is 122 Å². The van der Waals surface area contributed by atoms with Crippen molar-refractivity contribution in [2.45, 2.75) is 142 Å². The van der Waals surface area contributed by atoms with E-state index >= 15 is 0 Å². The summed E-state index contributed by atoms with van der Waals surface area (Å²) in [5.74, 6) is 2.62. The van der Waals surface area contributed by atoms with Gasteiger partial charge in [-0.2, -0.15) is 0 Å². The molecule has 0 aromatic carbocycles. The molecule has 0 saturated heterocycles. The van der Waals surface area contributed by atoms with Gasteiger partial charge in [-0.3, -0.25) is 19.8 Å². The molecule has 9 nitrogen and oxygen atoms in total. The Morgan fingerprint density at radius 3 is 2.13 bits per heavy atom. The monoisotopic (exact) mass is 630 g/mol. The Hall–Kier alpha value is -2.15. The molecule has 0 aromatic heterocycles. The zero-order valence-electron chi connectivity index (χ0n) is 28.4. The number of terminal acetylenes is 1. The number of carbonyl (C=O) groups is 3. The number of carbonyl (C=O) groups excluding carboxylic acids is 3. The highest BCUT2D eigenvalue weighted by atomic mass is 16.3. The Kier molecular flexibility index (Phi) is 16.2. The molecule has 4 N–H and O–H groups in total. The van der Waals surface area contributed by atoms with Crippen LogP contribution in [0, 0.1) is 41.9 Å². The number of aliphatic hydroxyl groups is 2. The van der Waals surface area contributed by atoms with E-state index in [-0.39, 0.29) is 48.1 Å². The lowest BCUT2D eigenvalue weighted by atomic mass is 9.74. The molecule has 5 atom stereocenters. The van der Waals surface area contributed by atoms with Gasteiger partial charge in [-0.25, -0.2) is 5.01 Å². The van der Waals surface area contributed by atoms with Gasteiger partial charge in [-0.05, 0) is 88.9 Å². The van der Waals surface area contributed by atoms with E-state index in [1.165, 1.54) is 19.3 Å². The van der Waals surface area contributed by atoms with Crippen LogP contribution in [0.25, 0.3) is 0 Å². The number of rotatable bonds is 16. The van der Waals surface area contributed by atoms with Crippen molar-refractivity contribution in [3.8, 4) is 12.3 Å². The summed E-state index contributed by atoms with van der Waals surface area (Å²) in [6.45, 7) is 8.23.